The van der Waals surface area contributed by atoms with Gasteiger partial charge in [0.05, 0.1) is 12.5 Å². The van der Waals surface area contributed by atoms with E-state index < -0.39 is 18.1 Å². The molecule has 0 aliphatic carbocycles. The van der Waals surface area contributed by atoms with Gasteiger partial charge in [0.25, 0.3) is 0 Å². The first-order valence-electron chi connectivity index (χ1n) is 3.68. The second-order valence-corrected chi connectivity index (χ2v) is 5.72. The first kappa shape index (κ1) is 14.4. The van der Waals surface area contributed by atoms with Gasteiger partial charge in [-0.15, -0.1) is 16.1 Å². The number of halogens is 3. The molecule has 8 heteroatoms. The lowest BCUT2D eigenvalue weighted by atomic mass is 10.7. The Bertz CT molecular complexity index is 221. The maximum Gasteiger partial charge on any atom is 0.560 e. The summed E-state index contributed by atoms with van der Waals surface area (Å²) in [5, 5.41) is 0. The zero-order valence-corrected chi connectivity index (χ0v) is 10.5. The van der Waals surface area contributed by atoms with Crippen molar-refractivity contribution in [3.63, 3.8) is 0 Å². The molecular weight excluding hydrogens is 273 g/mol. The fourth-order valence-electron chi connectivity index (χ4n) is 0.491. The lowest BCUT2D eigenvalue weighted by molar-refractivity contribution is -0.142. The number of carbonyl (C=O) groups is 1. The lowest BCUT2D eigenvalue weighted by Crippen LogP contribution is -2.25. The summed E-state index contributed by atoms with van der Waals surface area (Å²) in [6.45, 7) is 1.67. The summed E-state index contributed by atoms with van der Waals surface area (Å²) >= 11 is 16.3. The minimum atomic E-state index is -2.56. The van der Waals surface area contributed by atoms with Crippen molar-refractivity contribution in [2.45, 2.75) is 11.0 Å². The Labute approximate surface area is 97.7 Å². The molecule has 0 heterocycles. The van der Waals surface area contributed by atoms with Crippen molar-refractivity contribution in [1.82, 2.24) is 0 Å². The first-order valence-corrected chi connectivity index (χ1v) is 6.14. The van der Waals surface area contributed by atoms with Gasteiger partial charge in [-0.2, -0.15) is 0 Å². The van der Waals surface area contributed by atoms with Crippen LogP contribution in [-0.4, -0.2) is 29.1 Å². The Morgan fingerprint density at radius 2 is 2.07 bits per heavy atom. The van der Waals surface area contributed by atoms with Crippen LogP contribution in [0.25, 0.3) is 0 Å². The van der Waals surface area contributed by atoms with Crippen LogP contribution >= 0.6 is 42.8 Å². The summed E-state index contributed by atoms with van der Waals surface area (Å²) in [4.78, 5) is 11.1. The Morgan fingerprint density at radius 3 is 2.50 bits per heavy atom. The summed E-state index contributed by atoms with van der Waals surface area (Å²) in [5.41, 5.74) is 0. The minimum absolute atomic E-state index is 0.00262. The van der Waals surface area contributed by atoms with Crippen LogP contribution in [0.4, 0.5) is 0 Å². The van der Waals surface area contributed by atoms with Crippen LogP contribution in [0.1, 0.15) is 6.92 Å². The monoisotopic (exact) mass is 281 g/mol. The number of hydrogen-bond donors (Lipinski definition) is 0. The summed E-state index contributed by atoms with van der Waals surface area (Å²) in [6, 6.07) is 0. The zero-order valence-electron chi connectivity index (χ0n) is 7.34. The van der Waals surface area contributed by atoms with E-state index in [1.807, 2.05) is 0 Å². The van der Waals surface area contributed by atoms with Gasteiger partial charge in [-0.3, -0.25) is 0 Å². The lowest BCUT2D eigenvalue weighted by Gasteiger charge is -2.05. The molecule has 0 saturated heterocycles. The number of esters is 1. The van der Waals surface area contributed by atoms with Crippen LogP contribution in [0.5, 0.6) is 0 Å². The molecule has 0 bridgehead atoms. The van der Waals surface area contributed by atoms with Gasteiger partial charge < -0.3 is 4.74 Å². The summed E-state index contributed by atoms with van der Waals surface area (Å²) in [6.07, 6.45) is 0. The molecule has 14 heavy (non-hydrogen) atoms. The molecule has 4 nitrogen and oxygen atoms in total. The molecule has 0 aromatic heterocycles. The third-order valence-corrected chi connectivity index (χ3v) is 3.39. The van der Waals surface area contributed by atoms with E-state index >= 15 is 0 Å². The van der Waals surface area contributed by atoms with Crippen LogP contribution < -0.4 is 0 Å². The Balaban J connectivity index is 4.28. The fraction of sp³-hybridized carbons (Fsp3) is 0.833. The largest absolute Gasteiger partial charge is 0.560 e. The highest BCUT2D eigenvalue weighted by Gasteiger charge is 2.57. The van der Waals surface area contributed by atoms with Gasteiger partial charge in [0.1, 0.15) is 6.61 Å². The van der Waals surface area contributed by atoms with Crippen LogP contribution in [0.3, 0.4) is 0 Å². The van der Waals surface area contributed by atoms with E-state index in [0.717, 1.165) is 0 Å². The smallest absolute Gasteiger partial charge is 0.460 e. The van der Waals surface area contributed by atoms with Gasteiger partial charge >= 0.3 is 18.1 Å². The molecule has 0 amide bonds. The molecule has 0 rings (SSSR count). The van der Waals surface area contributed by atoms with Crippen molar-refractivity contribution >= 4 is 48.8 Å². The quantitative estimate of drug-likeness (QED) is 0.427. The van der Waals surface area contributed by atoms with Crippen molar-refractivity contribution in [1.29, 1.82) is 0 Å². The van der Waals surface area contributed by atoms with Crippen LogP contribution in [-0.2, 0) is 18.6 Å². The van der Waals surface area contributed by atoms with Crippen LogP contribution in [0.15, 0.2) is 0 Å². The predicted octanol–water partition coefficient (Wildman–Crippen LogP) is 2.68. The predicted molar refractivity (Wildman–Crippen MR) is 55.3 cm³/mol. The first-order chi connectivity index (χ1) is 6.46. The van der Waals surface area contributed by atoms with E-state index in [-0.39, 0.29) is 19.1 Å². The maximum absolute atomic E-state index is 11.2. The zero-order chi connectivity index (χ0) is 11.2. The van der Waals surface area contributed by atoms with Crippen LogP contribution in [0, 0.1) is 0 Å². The highest BCUT2D eigenvalue weighted by molar-refractivity contribution is 7.48. The number of alkyl halides is 3. The van der Waals surface area contributed by atoms with E-state index in [4.69, 9.17) is 34.8 Å². The molecule has 0 fully saturated rings. The molecular formula is C6H9Cl3O4P+. The number of ether oxygens (including phenoxy) is 1. The Hall–Kier alpha value is 0.400. The van der Waals surface area contributed by atoms with E-state index in [1.165, 1.54) is 0 Å². The summed E-state index contributed by atoms with van der Waals surface area (Å²) in [5.74, 6) is -0.854. The second kappa shape index (κ2) is 6.81. The van der Waals surface area contributed by atoms with Crippen molar-refractivity contribution < 1.29 is 18.6 Å². The third kappa shape index (κ3) is 4.28. The van der Waals surface area contributed by atoms with E-state index in [0.29, 0.717) is 0 Å². The molecule has 0 radical (unpaired) electrons. The van der Waals surface area contributed by atoms with Gasteiger partial charge in [0, 0.05) is 0 Å². The molecule has 0 aliphatic heterocycles. The fourth-order valence-corrected chi connectivity index (χ4v) is 1.71. The summed E-state index contributed by atoms with van der Waals surface area (Å²) in [7, 11) is -2.56. The molecule has 82 valence electrons. The Kier molecular flexibility index (Phi) is 7.00. The molecule has 0 spiro atoms. The van der Waals surface area contributed by atoms with Crippen molar-refractivity contribution in [2.75, 3.05) is 19.1 Å². The molecule has 1 atom stereocenters. The second-order valence-electron chi connectivity index (χ2n) is 2.04. The normalized spacial score (nSPS) is 12.4. The minimum Gasteiger partial charge on any atom is -0.460 e. The van der Waals surface area contributed by atoms with E-state index in [1.54, 1.807) is 6.92 Å². The molecule has 0 aliphatic rings. The van der Waals surface area contributed by atoms with Gasteiger partial charge in [-0.1, -0.05) is 0 Å². The highest BCUT2D eigenvalue weighted by Crippen LogP contribution is 2.47. The van der Waals surface area contributed by atoms with Gasteiger partial charge in [-0.25, -0.2) is 4.79 Å². The van der Waals surface area contributed by atoms with Gasteiger partial charge in [0.15, 0.2) is 0 Å². The highest BCUT2D eigenvalue weighted by atomic mass is 35.5. The van der Waals surface area contributed by atoms with Crippen LogP contribution in [0.2, 0.25) is 0 Å². The number of rotatable bonds is 6. The SMILES string of the molecule is CCOC(=O)C(Cl)(Cl)[P+](=O)OCCCl. The van der Waals surface area contributed by atoms with E-state index in [2.05, 4.69) is 9.26 Å². The van der Waals surface area contributed by atoms with Gasteiger partial charge in [0.2, 0.25) is 0 Å². The number of hydrogen-bond acceptors (Lipinski definition) is 4. The molecule has 0 saturated carbocycles. The molecule has 0 N–H and O–H groups in total. The van der Waals surface area contributed by atoms with Crippen molar-refractivity contribution in [2.24, 2.45) is 0 Å². The van der Waals surface area contributed by atoms with Crippen molar-refractivity contribution in [3.05, 3.63) is 0 Å². The standard InChI is InChI=1S/C6H9Cl3O4P/c1-2-12-5(10)6(8,9)14(11)13-4-3-7/h2-4H2,1H3/q+1. The number of carbonyl (C=O) groups excluding carboxylic acids is 1. The van der Waals surface area contributed by atoms with Crippen molar-refractivity contribution in [3.8, 4) is 0 Å². The Morgan fingerprint density at radius 1 is 1.50 bits per heavy atom. The summed E-state index contributed by atoms with van der Waals surface area (Å²) < 4.78 is 18.2. The third-order valence-electron chi connectivity index (χ3n) is 1.04. The topological polar surface area (TPSA) is 52.6 Å². The molecule has 0 aromatic rings. The molecule has 1 unspecified atom stereocenters. The van der Waals surface area contributed by atoms with Gasteiger partial charge in [-0.05, 0) is 34.7 Å². The van der Waals surface area contributed by atoms with E-state index in [9.17, 15) is 9.36 Å². The average molecular weight is 282 g/mol. The molecule has 0 aromatic carbocycles. The maximum atomic E-state index is 11.2. The average Bonchev–Trinajstić information content (AvgIpc) is 2.14.